The highest BCUT2D eigenvalue weighted by Gasteiger charge is 2.65. The second kappa shape index (κ2) is 12.8. The number of aliphatic imine (C=N–C) groups is 1. The monoisotopic (exact) mass is 706 g/mol. The summed E-state index contributed by atoms with van der Waals surface area (Å²) in [7, 11) is 0. The Morgan fingerprint density at radius 1 is 1.20 bits per heavy atom. The van der Waals surface area contributed by atoms with Gasteiger partial charge in [0, 0.05) is 30.4 Å². The van der Waals surface area contributed by atoms with Crippen molar-refractivity contribution < 1.29 is 41.8 Å². The molecule has 2 N–H and O–H groups in total. The van der Waals surface area contributed by atoms with Crippen molar-refractivity contribution in [3.05, 3.63) is 63.0 Å². The van der Waals surface area contributed by atoms with Gasteiger partial charge in [0.1, 0.15) is 17.9 Å². The van der Waals surface area contributed by atoms with Crippen LogP contribution in [-0.2, 0) is 19.1 Å². The predicted molar refractivity (Wildman–Crippen MR) is 171 cm³/mol. The Labute approximate surface area is 284 Å². The summed E-state index contributed by atoms with van der Waals surface area (Å²) in [5.41, 5.74) is -2.63. The van der Waals surface area contributed by atoms with E-state index in [4.69, 9.17) is 9.73 Å². The maximum absolute atomic E-state index is 16.2. The van der Waals surface area contributed by atoms with Gasteiger partial charge in [-0.3, -0.25) is 24.5 Å². The molecule has 0 unspecified atom stereocenters. The number of nitrogens with zero attached hydrogens (tertiary/aromatic N) is 5. The predicted octanol–water partition coefficient (Wildman–Crippen LogP) is 4.25. The van der Waals surface area contributed by atoms with E-state index in [1.54, 1.807) is 31.5 Å². The number of carboxylic acids is 1. The molecule has 6 rings (SSSR count). The van der Waals surface area contributed by atoms with Gasteiger partial charge in [0.15, 0.2) is 16.5 Å². The largest absolute Gasteiger partial charge is 0.481 e. The quantitative estimate of drug-likeness (QED) is 0.261. The van der Waals surface area contributed by atoms with E-state index >= 15 is 13.2 Å². The number of esters is 1. The summed E-state index contributed by atoms with van der Waals surface area (Å²) >= 11 is 1.26. The number of nitrogens with one attached hydrogen (secondary N) is 1. The van der Waals surface area contributed by atoms with Crippen molar-refractivity contribution in [1.29, 1.82) is 0 Å². The van der Waals surface area contributed by atoms with Crippen LogP contribution in [0.5, 0.6) is 0 Å². The molecule has 1 saturated carbocycles. The van der Waals surface area contributed by atoms with Crippen LogP contribution in [-0.4, -0.2) is 105 Å². The van der Waals surface area contributed by atoms with Gasteiger partial charge in [-0.05, 0) is 64.2 Å². The van der Waals surface area contributed by atoms with Crippen molar-refractivity contribution in [3.8, 4) is 0 Å². The number of carbonyl (C=O) groups is 3. The van der Waals surface area contributed by atoms with Crippen molar-refractivity contribution in [1.82, 2.24) is 25.2 Å². The number of alkyl halides is 3. The van der Waals surface area contributed by atoms with Crippen molar-refractivity contribution in [2.45, 2.75) is 76.7 Å². The Kier molecular flexibility index (Phi) is 9.11. The third-order valence-corrected chi connectivity index (χ3v) is 10.5. The van der Waals surface area contributed by atoms with Crippen LogP contribution in [0.2, 0.25) is 0 Å². The van der Waals surface area contributed by atoms with Crippen molar-refractivity contribution in [2.24, 2.45) is 10.4 Å². The van der Waals surface area contributed by atoms with Crippen LogP contribution in [0.4, 0.5) is 17.6 Å². The van der Waals surface area contributed by atoms with Crippen LogP contribution >= 0.6 is 11.3 Å². The van der Waals surface area contributed by atoms with Gasteiger partial charge < -0.3 is 15.2 Å². The Morgan fingerprint density at radius 3 is 2.57 bits per heavy atom. The number of rotatable bonds is 11. The van der Waals surface area contributed by atoms with E-state index in [1.165, 1.54) is 42.2 Å². The highest BCUT2D eigenvalue weighted by molar-refractivity contribution is 7.11. The number of aromatic nitrogens is 1. The minimum atomic E-state index is -3.41. The van der Waals surface area contributed by atoms with Gasteiger partial charge in [-0.2, -0.15) is 0 Å². The van der Waals surface area contributed by atoms with Crippen molar-refractivity contribution in [2.75, 3.05) is 32.8 Å². The number of hydrogen-bond acceptors (Lipinski definition) is 10. The van der Waals surface area contributed by atoms with Crippen LogP contribution in [0.15, 0.2) is 46.0 Å². The van der Waals surface area contributed by atoms with E-state index < -0.39 is 65.3 Å². The smallest absolute Gasteiger partial charge is 0.338 e. The lowest BCUT2D eigenvalue weighted by Crippen LogP contribution is -2.54. The molecule has 1 aromatic carbocycles. The number of likely N-dealkylation sites (tertiary alicyclic amines) is 1. The lowest BCUT2D eigenvalue weighted by atomic mass is 9.89. The van der Waals surface area contributed by atoms with E-state index in [0.717, 1.165) is 10.0 Å². The van der Waals surface area contributed by atoms with Gasteiger partial charge in [0.25, 0.3) is 11.8 Å². The topological polar surface area (TPSA) is 128 Å². The fourth-order valence-corrected chi connectivity index (χ4v) is 7.27. The summed E-state index contributed by atoms with van der Waals surface area (Å²) in [4.78, 5) is 49.4. The van der Waals surface area contributed by atoms with Crippen LogP contribution in [0.3, 0.4) is 0 Å². The first-order chi connectivity index (χ1) is 23.1. The molecule has 0 spiro atoms. The standard InChI is InChI=1S/C33H38F4N6O5S/c1-5-48-28(44)23-21(39-26(27-38-12-14-49-27)40-24(23)19-7-6-8-20(34)18(19)2)15-41-17-33(36,37)25-22(41)16-43(29(45)32(35)9-10-32)42(25)13-11-31(3,4)30(46)47/h6-8,12,14,22,24-25H,5,9-11,13,15-17H2,1-4H3,(H,39,40)(H,46,47)/t22-,24+,25+/m1/s1. The van der Waals surface area contributed by atoms with Gasteiger partial charge in [0.05, 0.1) is 36.7 Å². The molecule has 3 aliphatic heterocycles. The molecule has 0 radical (unpaired) electrons. The number of hydrogen-bond donors (Lipinski definition) is 2. The van der Waals surface area contributed by atoms with Crippen molar-refractivity contribution >= 4 is 35.0 Å². The van der Waals surface area contributed by atoms with Gasteiger partial charge in [-0.25, -0.2) is 32.3 Å². The second-order valence-electron chi connectivity index (χ2n) is 13.5. The molecule has 2 saturated heterocycles. The molecule has 1 amide bonds. The number of thiazole rings is 1. The number of hydrazine groups is 1. The fourth-order valence-electron chi connectivity index (χ4n) is 6.68. The summed E-state index contributed by atoms with van der Waals surface area (Å²) in [6, 6.07) is 0.757. The van der Waals surface area contributed by atoms with E-state index in [-0.39, 0.29) is 68.2 Å². The zero-order valence-corrected chi connectivity index (χ0v) is 28.3. The Bertz CT molecular complexity index is 1710. The van der Waals surface area contributed by atoms with E-state index in [0.29, 0.717) is 10.6 Å². The molecule has 16 heteroatoms. The number of aliphatic carboxylic acids is 1. The fraction of sp³-hybridized carbons (Fsp3) is 0.545. The molecule has 1 aliphatic carbocycles. The molecular formula is C33H38F4N6O5S. The molecule has 3 atom stereocenters. The summed E-state index contributed by atoms with van der Waals surface area (Å²) in [5.74, 6) is -6.50. The lowest BCUT2D eigenvalue weighted by molar-refractivity contribution is -0.164. The van der Waals surface area contributed by atoms with Gasteiger partial charge in [-0.15, -0.1) is 11.3 Å². The third kappa shape index (κ3) is 6.45. The molecule has 0 bridgehead atoms. The number of amidine groups is 1. The molecule has 4 heterocycles. The summed E-state index contributed by atoms with van der Waals surface area (Å²) < 4.78 is 67.8. The number of carbonyl (C=O) groups excluding carboxylic acids is 2. The second-order valence-corrected chi connectivity index (χ2v) is 14.4. The van der Waals surface area contributed by atoms with Gasteiger partial charge in [0.2, 0.25) is 0 Å². The average molecular weight is 707 g/mol. The number of ether oxygens (including phenoxy) is 1. The highest BCUT2D eigenvalue weighted by atomic mass is 32.1. The summed E-state index contributed by atoms with van der Waals surface area (Å²) in [5, 5.41) is 17.1. The minimum Gasteiger partial charge on any atom is -0.481 e. The Balaban J connectivity index is 1.40. The molecule has 49 heavy (non-hydrogen) atoms. The first kappa shape index (κ1) is 35.0. The van der Waals surface area contributed by atoms with Gasteiger partial charge in [-0.1, -0.05) is 12.1 Å². The SMILES string of the molecule is CCOC(=O)C1=C(CN2CC(F)(F)[C@@H]3[C@H]2CN(C(=O)C2(F)CC2)N3CCC(C)(C)C(=O)O)NC(c2nccs2)=N[C@H]1c1cccc(F)c1C. The number of halogens is 4. The summed E-state index contributed by atoms with van der Waals surface area (Å²) in [6.45, 7) is 4.60. The number of benzene rings is 1. The van der Waals surface area contributed by atoms with Crippen molar-refractivity contribution in [3.63, 3.8) is 0 Å². The minimum absolute atomic E-state index is 0.00368. The zero-order chi connectivity index (χ0) is 35.5. The van der Waals surface area contributed by atoms with Crippen LogP contribution in [0, 0.1) is 18.2 Å². The molecule has 264 valence electrons. The van der Waals surface area contributed by atoms with Gasteiger partial charge >= 0.3 is 11.9 Å². The zero-order valence-electron chi connectivity index (χ0n) is 27.5. The van der Waals surface area contributed by atoms with E-state index in [1.807, 2.05) is 0 Å². The molecule has 11 nitrogen and oxygen atoms in total. The average Bonchev–Trinajstić information content (AvgIpc) is 3.36. The van der Waals surface area contributed by atoms with Crippen LogP contribution in [0.1, 0.15) is 62.2 Å². The normalized spacial score (nSPS) is 24.8. The lowest BCUT2D eigenvalue weighted by Gasteiger charge is -2.36. The summed E-state index contributed by atoms with van der Waals surface area (Å²) in [6.07, 6.45) is 1.44. The van der Waals surface area contributed by atoms with Crippen LogP contribution in [0.25, 0.3) is 0 Å². The van der Waals surface area contributed by atoms with Crippen LogP contribution < -0.4 is 5.32 Å². The first-order valence-corrected chi connectivity index (χ1v) is 17.0. The number of fused-ring (bicyclic) bond motifs is 1. The number of amides is 1. The molecule has 4 aliphatic rings. The third-order valence-electron chi connectivity index (χ3n) is 9.74. The van der Waals surface area contributed by atoms with E-state index in [2.05, 4.69) is 10.3 Å². The van der Waals surface area contributed by atoms with E-state index in [9.17, 15) is 23.9 Å². The first-order valence-electron chi connectivity index (χ1n) is 16.1. The maximum atomic E-state index is 16.2. The number of carboxylic acid groups (broad SMARTS) is 1. The molecular weight excluding hydrogens is 668 g/mol. The highest BCUT2D eigenvalue weighted by Crippen LogP contribution is 2.47. The Morgan fingerprint density at radius 2 is 1.94 bits per heavy atom. The maximum Gasteiger partial charge on any atom is 0.338 e. The molecule has 2 aromatic rings. The Hall–Kier alpha value is -3.89. The molecule has 1 aromatic heterocycles. The molecule has 3 fully saturated rings.